The molecular weight excluding hydrogens is 484 g/mol. The lowest BCUT2D eigenvalue weighted by Gasteiger charge is -2.21. The van der Waals surface area contributed by atoms with Crippen molar-refractivity contribution in [2.75, 3.05) is 0 Å². The molecule has 2 heteroatoms. The van der Waals surface area contributed by atoms with Crippen LogP contribution in [0.25, 0.3) is 21.8 Å². The summed E-state index contributed by atoms with van der Waals surface area (Å²) in [5.41, 5.74) is 6.71. The van der Waals surface area contributed by atoms with Gasteiger partial charge in [-0.25, -0.2) is 0 Å². The highest BCUT2D eigenvalue weighted by Gasteiger charge is 2.17. The average Bonchev–Trinajstić information content (AvgIpc) is 3.21. The maximum absolute atomic E-state index is 3.98. The van der Waals surface area contributed by atoms with E-state index in [9.17, 15) is 0 Å². The first kappa shape index (κ1) is 41.1. The highest BCUT2D eigenvalue weighted by Crippen LogP contribution is 2.35. The molecule has 0 radical (unpaired) electrons. The number of aromatic nitrogens is 2. The first-order valence-electron chi connectivity index (χ1n) is 12.6. The van der Waals surface area contributed by atoms with Crippen molar-refractivity contribution >= 4 is 21.8 Å². The number of nitrogens with zero attached hydrogens (tertiary/aromatic N) is 2. The molecule has 0 saturated carbocycles. The third-order valence-electron chi connectivity index (χ3n) is 6.90. The second-order valence-electron chi connectivity index (χ2n) is 9.16. The molecule has 2 unspecified atom stereocenters. The Hall–Kier alpha value is -3.39. The number of fused-ring (bicyclic) bond motifs is 3. The summed E-state index contributed by atoms with van der Waals surface area (Å²) >= 11 is 0. The van der Waals surface area contributed by atoms with Gasteiger partial charge in [-0.1, -0.05) is 125 Å². The fourth-order valence-electron chi connectivity index (χ4n) is 4.99. The molecule has 3 aromatic carbocycles. The molecule has 0 fully saturated rings. The van der Waals surface area contributed by atoms with Gasteiger partial charge in [0.1, 0.15) is 0 Å². The quantitative estimate of drug-likeness (QED) is 0.208. The van der Waals surface area contributed by atoms with Crippen LogP contribution < -0.4 is 0 Å². The molecule has 0 aliphatic heterocycles. The van der Waals surface area contributed by atoms with E-state index in [4.69, 9.17) is 0 Å². The molecular formula is C38H60N2. The monoisotopic (exact) mass is 544 g/mol. The molecule has 0 saturated heterocycles. The smallest absolute Gasteiger partial charge is 0.0494 e. The highest BCUT2D eigenvalue weighted by atomic mass is 15.0. The minimum Gasteiger partial charge on any atom is -0.341 e. The van der Waals surface area contributed by atoms with E-state index < -0.39 is 0 Å². The van der Waals surface area contributed by atoms with Gasteiger partial charge in [0.25, 0.3) is 0 Å². The maximum atomic E-state index is 3.98. The van der Waals surface area contributed by atoms with Crippen LogP contribution in [0.1, 0.15) is 107 Å². The molecule has 2 aromatic heterocycles. The first-order chi connectivity index (χ1) is 16.6. The number of para-hydroxylation sites is 1. The second-order valence-corrected chi connectivity index (χ2v) is 9.16. The van der Waals surface area contributed by atoms with Crippen LogP contribution in [-0.4, -0.2) is 9.55 Å². The molecule has 0 N–H and O–H groups in total. The summed E-state index contributed by atoms with van der Waals surface area (Å²) in [5.74, 6) is 1.16. The largest absolute Gasteiger partial charge is 0.341 e. The van der Waals surface area contributed by atoms with Crippen molar-refractivity contribution in [2.24, 2.45) is 0 Å². The summed E-state index contributed by atoms with van der Waals surface area (Å²) in [5, 5.41) is 2.74. The Bertz CT molecular complexity index is 1320. The first-order valence-corrected chi connectivity index (χ1v) is 12.6. The normalized spacial score (nSPS) is 10.9. The maximum Gasteiger partial charge on any atom is 0.0494 e. The van der Waals surface area contributed by atoms with Crippen molar-refractivity contribution in [2.45, 2.75) is 103 Å². The molecule has 0 spiro atoms. The Morgan fingerprint density at radius 1 is 0.650 bits per heavy atom. The summed E-state index contributed by atoms with van der Waals surface area (Å²) in [6, 6.07) is 32.7. The average molecular weight is 545 g/mol. The van der Waals surface area contributed by atoms with Crippen LogP contribution in [0.3, 0.4) is 0 Å². The topological polar surface area (TPSA) is 17.8 Å². The van der Waals surface area contributed by atoms with E-state index in [0.717, 1.165) is 12.2 Å². The molecule has 2 atom stereocenters. The number of aryl methyl sites for hydroxylation is 2. The van der Waals surface area contributed by atoms with Crippen LogP contribution in [-0.2, 0) is 6.54 Å². The summed E-state index contributed by atoms with van der Waals surface area (Å²) in [6.07, 6.45) is 4.17. The molecule has 0 amide bonds. The minimum atomic E-state index is 0. The van der Waals surface area contributed by atoms with Gasteiger partial charge in [-0.2, -0.15) is 0 Å². The molecule has 2 heterocycles. The Labute approximate surface area is 248 Å². The van der Waals surface area contributed by atoms with Gasteiger partial charge in [-0.15, -0.1) is 0 Å². The van der Waals surface area contributed by atoms with Gasteiger partial charge in [-0.3, -0.25) is 4.98 Å². The van der Waals surface area contributed by atoms with Gasteiger partial charge in [0, 0.05) is 40.2 Å². The number of hydrogen-bond acceptors (Lipinski definition) is 1. The van der Waals surface area contributed by atoms with E-state index in [0.29, 0.717) is 11.8 Å². The SMILES string of the molecule is C.C.C.C.C.C.CCC(CC(C)c1ccc2c3ccccc3n(CC)c2c1)c1ccccc1.Cc1ccccn1. The second kappa shape index (κ2) is 19.6. The van der Waals surface area contributed by atoms with E-state index in [1.807, 2.05) is 25.1 Å². The summed E-state index contributed by atoms with van der Waals surface area (Å²) in [6.45, 7) is 9.90. The van der Waals surface area contributed by atoms with E-state index in [1.165, 1.54) is 45.8 Å². The molecule has 0 aliphatic rings. The van der Waals surface area contributed by atoms with E-state index in [2.05, 4.69) is 103 Å². The van der Waals surface area contributed by atoms with E-state index in [1.54, 1.807) is 6.20 Å². The van der Waals surface area contributed by atoms with Crippen molar-refractivity contribution in [3.8, 4) is 0 Å². The molecule has 5 rings (SSSR count). The third kappa shape index (κ3) is 9.37. The zero-order chi connectivity index (χ0) is 23.9. The number of benzene rings is 3. The van der Waals surface area contributed by atoms with Crippen molar-refractivity contribution < 1.29 is 0 Å². The lowest BCUT2D eigenvalue weighted by atomic mass is 9.84. The Kier molecular flexibility index (Phi) is 20.2. The summed E-state index contributed by atoms with van der Waals surface area (Å²) < 4.78 is 2.45. The lowest BCUT2D eigenvalue weighted by Crippen LogP contribution is -2.04. The number of rotatable bonds is 6. The fraction of sp³-hybridized carbons (Fsp3) is 0.395. The molecule has 40 heavy (non-hydrogen) atoms. The zero-order valence-corrected chi connectivity index (χ0v) is 20.9. The van der Waals surface area contributed by atoms with Crippen molar-refractivity contribution in [3.05, 3.63) is 114 Å². The molecule has 222 valence electrons. The van der Waals surface area contributed by atoms with Crippen molar-refractivity contribution in [3.63, 3.8) is 0 Å². The van der Waals surface area contributed by atoms with Crippen molar-refractivity contribution in [1.82, 2.24) is 9.55 Å². The zero-order valence-electron chi connectivity index (χ0n) is 20.9. The van der Waals surface area contributed by atoms with Gasteiger partial charge in [-0.05, 0) is 73.9 Å². The minimum absolute atomic E-state index is 0. The Morgan fingerprint density at radius 3 is 1.80 bits per heavy atom. The highest BCUT2D eigenvalue weighted by molar-refractivity contribution is 6.08. The van der Waals surface area contributed by atoms with Crippen LogP contribution >= 0.6 is 0 Å². The van der Waals surface area contributed by atoms with Crippen molar-refractivity contribution in [1.29, 1.82) is 0 Å². The lowest BCUT2D eigenvalue weighted by molar-refractivity contribution is 0.544. The van der Waals surface area contributed by atoms with Gasteiger partial charge in [0.05, 0.1) is 0 Å². The van der Waals surface area contributed by atoms with Gasteiger partial charge in [0.2, 0.25) is 0 Å². The number of pyridine rings is 1. The van der Waals surface area contributed by atoms with Gasteiger partial charge >= 0.3 is 0 Å². The van der Waals surface area contributed by atoms with Crippen LogP contribution in [0.15, 0.2) is 97.2 Å². The fourth-order valence-corrected chi connectivity index (χ4v) is 4.99. The predicted octanol–water partition coefficient (Wildman–Crippen LogP) is 12.7. The summed E-state index contributed by atoms with van der Waals surface area (Å²) in [7, 11) is 0. The van der Waals surface area contributed by atoms with E-state index >= 15 is 0 Å². The Balaban J connectivity index is -0.000000932. The molecule has 2 nitrogen and oxygen atoms in total. The third-order valence-corrected chi connectivity index (χ3v) is 6.90. The van der Waals surface area contributed by atoms with Gasteiger partial charge < -0.3 is 4.57 Å². The molecule has 0 bridgehead atoms. The standard InChI is InChI=1S/C26H29N.C6H7N.6CH4/c1-4-20(21-11-7-6-8-12-21)17-19(3)22-15-16-24-23-13-9-10-14-25(23)27(5-2)26(24)18-22;1-6-4-2-3-5-7-6;;;;;;/h6-16,18-20H,4-5,17H2,1-3H3;2-5H,1H3;6*1H4. The molecule has 0 aliphatic carbocycles. The molecule has 5 aromatic rings. The van der Waals surface area contributed by atoms with Crippen LogP contribution in [0.5, 0.6) is 0 Å². The Morgan fingerprint density at radius 2 is 1.25 bits per heavy atom. The number of hydrogen-bond donors (Lipinski definition) is 0. The van der Waals surface area contributed by atoms with Gasteiger partial charge in [0.15, 0.2) is 0 Å². The van der Waals surface area contributed by atoms with Crippen LogP contribution in [0, 0.1) is 6.92 Å². The predicted molar refractivity (Wildman–Crippen MR) is 187 cm³/mol. The summed E-state index contributed by atoms with van der Waals surface area (Å²) in [4.78, 5) is 3.98. The van der Waals surface area contributed by atoms with Crippen LogP contribution in [0.4, 0.5) is 0 Å². The van der Waals surface area contributed by atoms with E-state index in [-0.39, 0.29) is 44.6 Å². The van der Waals surface area contributed by atoms with Crippen LogP contribution in [0.2, 0.25) is 0 Å².